The van der Waals surface area contributed by atoms with E-state index < -0.39 is 0 Å². The second kappa shape index (κ2) is 5.49. The van der Waals surface area contributed by atoms with Gasteiger partial charge in [0.1, 0.15) is 0 Å². The first-order valence-electron chi connectivity index (χ1n) is 6.60. The van der Waals surface area contributed by atoms with E-state index in [1.165, 1.54) is 5.56 Å². The van der Waals surface area contributed by atoms with E-state index in [4.69, 9.17) is 0 Å². The fourth-order valence-electron chi connectivity index (χ4n) is 2.70. The van der Waals surface area contributed by atoms with Crippen molar-refractivity contribution in [2.45, 2.75) is 38.3 Å². The van der Waals surface area contributed by atoms with Crippen LogP contribution in [0.1, 0.15) is 31.7 Å². The minimum absolute atomic E-state index is 0.351. The summed E-state index contributed by atoms with van der Waals surface area (Å²) in [6.45, 7) is 7.69. The molecular formula is C16H21NO. The summed E-state index contributed by atoms with van der Waals surface area (Å²) in [7, 11) is 0. The predicted octanol–water partition coefficient (Wildman–Crippen LogP) is 3.19. The molecule has 0 bridgehead atoms. The van der Waals surface area contributed by atoms with Crippen LogP contribution in [0.15, 0.2) is 43.0 Å². The Kier molecular flexibility index (Phi) is 3.97. The fraction of sp³-hybridized carbons (Fsp3) is 0.438. The third-order valence-electron chi connectivity index (χ3n) is 3.89. The normalized spacial score (nSPS) is 25.1. The molecule has 0 radical (unpaired) electrons. The zero-order valence-corrected chi connectivity index (χ0v) is 11.1. The van der Waals surface area contributed by atoms with Crippen molar-refractivity contribution in [2.75, 3.05) is 6.54 Å². The maximum Gasteiger partial charge on any atom is 0.153 e. The van der Waals surface area contributed by atoms with Gasteiger partial charge < -0.3 is 0 Å². The standard InChI is InChI=1S/C16H21NO/c1-3-11-16(2)15(18)10-7-12-17(16)13-14-8-5-4-6-9-14/h3-6,8-9H,1,7,10-13H2,2H3/t16-/m0/s1. The summed E-state index contributed by atoms with van der Waals surface area (Å²) in [5, 5.41) is 0. The van der Waals surface area contributed by atoms with E-state index in [2.05, 4.69) is 30.5 Å². The Morgan fingerprint density at radius 1 is 1.39 bits per heavy atom. The molecule has 18 heavy (non-hydrogen) atoms. The minimum Gasteiger partial charge on any atom is -0.298 e. The number of nitrogens with zero attached hydrogens (tertiary/aromatic N) is 1. The van der Waals surface area contributed by atoms with Crippen LogP contribution >= 0.6 is 0 Å². The van der Waals surface area contributed by atoms with Crippen LogP contribution in [0.5, 0.6) is 0 Å². The van der Waals surface area contributed by atoms with Crippen molar-refractivity contribution in [2.24, 2.45) is 0 Å². The molecule has 1 atom stereocenters. The second-order valence-corrected chi connectivity index (χ2v) is 5.20. The summed E-state index contributed by atoms with van der Waals surface area (Å²) in [6.07, 6.45) is 4.27. The minimum atomic E-state index is -0.365. The lowest BCUT2D eigenvalue weighted by Crippen LogP contribution is -2.55. The monoisotopic (exact) mass is 243 g/mol. The third kappa shape index (κ3) is 2.54. The quantitative estimate of drug-likeness (QED) is 0.757. The van der Waals surface area contributed by atoms with Crippen molar-refractivity contribution < 1.29 is 4.79 Å². The van der Waals surface area contributed by atoms with Gasteiger partial charge in [-0.1, -0.05) is 36.4 Å². The maximum absolute atomic E-state index is 12.2. The molecule has 0 spiro atoms. The van der Waals surface area contributed by atoms with Gasteiger partial charge in [-0.05, 0) is 31.9 Å². The number of carbonyl (C=O) groups excluding carboxylic acids is 1. The second-order valence-electron chi connectivity index (χ2n) is 5.20. The summed E-state index contributed by atoms with van der Waals surface area (Å²) in [4.78, 5) is 14.5. The van der Waals surface area contributed by atoms with E-state index in [0.717, 1.165) is 25.9 Å². The number of hydrogen-bond acceptors (Lipinski definition) is 2. The van der Waals surface area contributed by atoms with Gasteiger partial charge in [0, 0.05) is 13.0 Å². The SMILES string of the molecule is C=CC[C@@]1(C)C(=O)CCCN1Cc1ccccc1. The number of benzene rings is 1. The number of piperidine rings is 1. The topological polar surface area (TPSA) is 20.3 Å². The van der Waals surface area contributed by atoms with Crippen LogP contribution in [-0.4, -0.2) is 22.8 Å². The molecule has 0 unspecified atom stereocenters. The molecule has 1 saturated heterocycles. The summed E-state index contributed by atoms with van der Waals surface area (Å²) in [6, 6.07) is 10.4. The Bertz CT molecular complexity index is 426. The molecule has 1 aliphatic heterocycles. The molecule has 1 aromatic rings. The molecule has 1 heterocycles. The van der Waals surface area contributed by atoms with Crippen LogP contribution in [0.2, 0.25) is 0 Å². The van der Waals surface area contributed by atoms with Crippen LogP contribution < -0.4 is 0 Å². The zero-order chi connectivity index (χ0) is 13.0. The van der Waals surface area contributed by atoms with Crippen LogP contribution in [0, 0.1) is 0 Å². The number of ketones is 1. The Morgan fingerprint density at radius 3 is 2.78 bits per heavy atom. The van der Waals surface area contributed by atoms with Crippen LogP contribution in [0.25, 0.3) is 0 Å². The van der Waals surface area contributed by atoms with Crippen molar-refractivity contribution in [1.82, 2.24) is 4.90 Å². The van der Waals surface area contributed by atoms with Crippen LogP contribution in [0.4, 0.5) is 0 Å². The van der Waals surface area contributed by atoms with Gasteiger partial charge in [-0.2, -0.15) is 0 Å². The molecule has 2 nitrogen and oxygen atoms in total. The van der Waals surface area contributed by atoms with Gasteiger partial charge in [-0.3, -0.25) is 9.69 Å². The smallest absolute Gasteiger partial charge is 0.153 e. The van der Waals surface area contributed by atoms with Gasteiger partial charge in [0.05, 0.1) is 5.54 Å². The van der Waals surface area contributed by atoms with E-state index >= 15 is 0 Å². The first kappa shape index (κ1) is 13.0. The van der Waals surface area contributed by atoms with E-state index in [9.17, 15) is 4.79 Å². The average Bonchev–Trinajstić information content (AvgIpc) is 2.37. The Morgan fingerprint density at radius 2 is 2.11 bits per heavy atom. The van der Waals surface area contributed by atoms with Gasteiger partial charge in [-0.25, -0.2) is 0 Å². The van der Waals surface area contributed by atoms with E-state index in [1.54, 1.807) is 0 Å². The summed E-state index contributed by atoms with van der Waals surface area (Å²) in [5.74, 6) is 0.351. The number of likely N-dealkylation sites (tertiary alicyclic amines) is 1. The highest BCUT2D eigenvalue weighted by Crippen LogP contribution is 2.29. The Hall–Kier alpha value is -1.41. The van der Waals surface area contributed by atoms with E-state index in [-0.39, 0.29) is 5.54 Å². The fourth-order valence-corrected chi connectivity index (χ4v) is 2.70. The highest BCUT2D eigenvalue weighted by molar-refractivity contribution is 5.88. The molecule has 0 amide bonds. The number of carbonyl (C=O) groups is 1. The van der Waals surface area contributed by atoms with Crippen molar-refractivity contribution in [1.29, 1.82) is 0 Å². The van der Waals surface area contributed by atoms with Gasteiger partial charge in [0.25, 0.3) is 0 Å². The lowest BCUT2D eigenvalue weighted by atomic mass is 9.84. The predicted molar refractivity (Wildman–Crippen MR) is 74.3 cm³/mol. The molecule has 0 aliphatic carbocycles. The highest BCUT2D eigenvalue weighted by Gasteiger charge is 2.40. The number of hydrogen-bond donors (Lipinski definition) is 0. The Balaban J connectivity index is 2.18. The van der Waals surface area contributed by atoms with Crippen molar-refractivity contribution in [3.63, 3.8) is 0 Å². The van der Waals surface area contributed by atoms with Gasteiger partial charge in [-0.15, -0.1) is 6.58 Å². The number of rotatable bonds is 4. The first-order chi connectivity index (χ1) is 8.66. The molecular weight excluding hydrogens is 222 g/mol. The largest absolute Gasteiger partial charge is 0.298 e. The molecule has 0 N–H and O–H groups in total. The summed E-state index contributed by atoms with van der Waals surface area (Å²) >= 11 is 0. The van der Waals surface area contributed by atoms with Crippen molar-refractivity contribution in [3.05, 3.63) is 48.6 Å². The van der Waals surface area contributed by atoms with Crippen molar-refractivity contribution in [3.8, 4) is 0 Å². The molecule has 0 aromatic heterocycles. The lowest BCUT2D eigenvalue weighted by molar-refractivity contribution is -0.134. The van der Waals surface area contributed by atoms with Crippen LogP contribution in [-0.2, 0) is 11.3 Å². The molecule has 1 aromatic carbocycles. The average molecular weight is 243 g/mol. The van der Waals surface area contributed by atoms with Gasteiger partial charge in [0.15, 0.2) is 5.78 Å². The van der Waals surface area contributed by atoms with E-state index in [0.29, 0.717) is 12.2 Å². The summed E-state index contributed by atoms with van der Waals surface area (Å²) in [5.41, 5.74) is 0.901. The van der Waals surface area contributed by atoms with Crippen molar-refractivity contribution >= 4 is 5.78 Å². The lowest BCUT2D eigenvalue weighted by Gasteiger charge is -2.43. The van der Waals surface area contributed by atoms with Gasteiger partial charge in [0.2, 0.25) is 0 Å². The zero-order valence-electron chi connectivity index (χ0n) is 11.1. The summed E-state index contributed by atoms with van der Waals surface area (Å²) < 4.78 is 0. The molecule has 2 heteroatoms. The highest BCUT2D eigenvalue weighted by atomic mass is 16.1. The molecule has 1 fully saturated rings. The molecule has 1 aliphatic rings. The van der Waals surface area contributed by atoms with Crippen LogP contribution in [0.3, 0.4) is 0 Å². The third-order valence-corrected chi connectivity index (χ3v) is 3.89. The molecule has 0 saturated carbocycles. The molecule has 96 valence electrons. The van der Waals surface area contributed by atoms with Gasteiger partial charge >= 0.3 is 0 Å². The number of Topliss-reactive ketones (excluding diaryl/α,β-unsaturated/α-hetero) is 1. The molecule has 2 rings (SSSR count). The maximum atomic E-state index is 12.2. The first-order valence-corrected chi connectivity index (χ1v) is 6.60. The van der Waals surface area contributed by atoms with E-state index in [1.807, 2.05) is 24.3 Å². The Labute approximate surface area is 109 Å².